The molecule has 4 nitrogen and oxygen atoms in total. The zero-order chi connectivity index (χ0) is 14.0. The van der Waals surface area contributed by atoms with Gasteiger partial charge in [-0.05, 0) is 25.3 Å². The van der Waals surface area contributed by atoms with Crippen molar-refractivity contribution in [2.24, 2.45) is 5.73 Å². The number of hydrogen-bond acceptors (Lipinski definition) is 4. The Morgan fingerprint density at radius 3 is 2.37 bits per heavy atom. The Bertz CT molecular complexity index is 535. The number of hydrogen-bond donors (Lipinski definition) is 1. The molecule has 4 heteroatoms. The van der Waals surface area contributed by atoms with Crippen molar-refractivity contribution in [3.05, 3.63) is 35.7 Å². The molecule has 0 unspecified atom stereocenters. The van der Waals surface area contributed by atoms with Gasteiger partial charge in [0.1, 0.15) is 0 Å². The van der Waals surface area contributed by atoms with Crippen LogP contribution in [0, 0.1) is 0 Å². The minimum atomic E-state index is -0.342. The Morgan fingerprint density at radius 2 is 1.84 bits per heavy atom. The van der Waals surface area contributed by atoms with E-state index in [9.17, 15) is 0 Å². The molecule has 19 heavy (non-hydrogen) atoms. The van der Waals surface area contributed by atoms with E-state index >= 15 is 0 Å². The number of nitrogens with two attached hydrogens (primary N) is 1. The van der Waals surface area contributed by atoms with Gasteiger partial charge in [0.15, 0.2) is 0 Å². The largest absolute Gasteiger partial charge is 0.339 e. The molecule has 0 saturated heterocycles. The number of benzene rings is 1. The number of aromatic nitrogens is 2. The van der Waals surface area contributed by atoms with E-state index in [0.717, 1.165) is 5.56 Å². The zero-order valence-corrected chi connectivity index (χ0v) is 12.0. The summed E-state index contributed by atoms with van der Waals surface area (Å²) in [6.45, 7) is 8.22. The minimum absolute atomic E-state index is 0.342. The molecular weight excluding hydrogens is 238 g/mol. The number of nitrogens with zero attached hydrogens (tertiary/aromatic N) is 2. The van der Waals surface area contributed by atoms with Crippen LogP contribution >= 0.6 is 0 Å². The average Bonchev–Trinajstić information content (AvgIpc) is 2.75. The van der Waals surface area contributed by atoms with Gasteiger partial charge in [-0.25, -0.2) is 0 Å². The van der Waals surface area contributed by atoms with Crippen molar-refractivity contribution < 1.29 is 4.52 Å². The lowest BCUT2D eigenvalue weighted by atomic mass is 10.0. The molecule has 0 bridgehead atoms. The van der Waals surface area contributed by atoms with Gasteiger partial charge < -0.3 is 10.3 Å². The summed E-state index contributed by atoms with van der Waals surface area (Å²) in [5, 5.41) is 4.00. The Morgan fingerprint density at radius 1 is 1.21 bits per heavy atom. The predicted molar refractivity (Wildman–Crippen MR) is 75.8 cm³/mol. The lowest BCUT2D eigenvalue weighted by Crippen LogP contribution is -2.34. The third-order valence-electron chi connectivity index (χ3n) is 2.91. The van der Waals surface area contributed by atoms with Gasteiger partial charge in [0.25, 0.3) is 0 Å². The fraction of sp³-hybridized carbons (Fsp3) is 0.467. The molecule has 1 aromatic carbocycles. The van der Waals surface area contributed by atoms with Crippen LogP contribution in [0.5, 0.6) is 0 Å². The van der Waals surface area contributed by atoms with Crippen molar-refractivity contribution in [3.8, 4) is 11.4 Å². The van der Waals surface area contributed by atoms with Crippen molar-refractivity contribution in [2.75, 3.05) is 0 Å². The Balaban J connectivity index is 2.18. The molecule has 0 aliphatic rings. The fourth-order valence-electron chi connectivity index (χ4n) is 1.85. The van der Waals surface area contributed by atoms with E-state index in [0.29, 0.717) is 24.1 Å². The molecule has 0 spiro atoms. The molecule has 0 radical (unpaired) electrons. The second-order valence-corrected chi connectivity index (χ2v) is 5.95. The monoisotopic (exact) mass is 259 g/mol. The maximum absolute atomic E-state index is 5.94. The first-order valence-corrected chi connectivity index (χ1v) is 6.57. The zero-order valence-electron chi connectivity index (χ0n) is 12.0. The van der Waals surface area contributed by atoms with E-state index in [1.54, 1.807) is 0 Å². The van der Waals surface area contributed by atoms with Crippen molar-refractivity contribution >= 4 is 0 Å². The molecule has 2 aromatic rings. The molecule has 0 atom stereocenters. The molecule has 0 saturated carbocycles. The Kier molecular flexibility index (Phi) is 3.71. The summed E-state index contributed by atoms with van der Waals surface area (Å²) < 4.78 is 5.23. The van der Waals surface area contributed by atoms with Crippen LogP contribution in [-0.2, 0) is 6.42 Å². The molecule has 102 valence electrons. The van der Waals surface area contributed by atoms with E-state index in [1.165, 1.54) is 5.56 Å². The van der Waals surface area contributed by atoms with Crippen molar-refractivity contribution in [1.82, 2.24) is 10.1 Å². The van der Waals surface area contributed by atoms with E-state index in [2.05, 4.69) is 36.1 Å². The highest BCUT2D eigenvalue weighted by Crippen LogP contribution is 2.21. The third-order valence-corrected chi connectivity index (χ3v) is 2.91. The van der Waals surface area contributed by atoms with Gasteiger partial charge in [0.05, 0.1) is 0 Å². The third kappa shape index (κ3) is 3.64. The van der Waals surface area contributed by atoms with Crippen molar-refractivity contribution in [2.45, 2.75) is 45.6 Å². The van der Waals surface area contributed by atoms with Crippen LogP contribution in [0.3, 0.4) is 0 Å². The van der Waals surface area contributed by atoms with Gasteiger partial charge >= 0.3 is 0 Å². The first-order chi connectivity index (χ1) is 8.85. The molecule has 0 fully saturated rings. The predicted octanol–water partition coefficient (Wildman–Crippen LogP) is 3.14. The average molecular weight is 259 g/mol. The highest BCUT2D eigenvalue weighted by atomic mass is 16.5. The highest BCUT2D eigenvalue weighted by molar-refractivity contribution is 5.54. The highest BCUT2D eigenvalue weighted by Gasteiger charge is 2.17. The summed E-state index contributed by atoms with van der Waals surface area (Å²) in [5.74, 6) is 1.72. The van der Waals surface area contributed by atoms with Gasteiger partial charge in [-0.3, -0.25) is 0 Å². The summed E-state index contributed by atoms with van der Waals surface area (Å²) in [4.78, 5) is 4.38. The molecule has 1 heterocycles. The molecular formula is C15H21N3O. The molecule has 2 N–H and O–H groups in total. The summed E-state index contributed by atoms with van der Waals surface area (Å²) in [7, 11) is 0. The van der Waals surface area contributed by atoms with E-state index in [1.807, 2.05) is 26.0 Å². The van der Waals surface area contributed by atoms with Crippen LogP contribution in [0.2, 0.25) is 0 Å². The summed E-state index contributed by atoms with van der Waals surface area (Å²) in [6, 6.07) is 8.25. The smallest absolute Gasteiger partial charge is 0.228 e. The molecule has 1 aromatic heterocycles. The second kappa shape index (κ2) is 5.13. The standard InChI is InChI=1S/C15H21N3O/c1-10(2)11-5-7-12(8-6-11)14-17-13(19-18-14)9-15(3,4)16/h5-8,10H,9,16H2,1-4H3. The summed E-state index contributed by atoms with van der Waals surface area (Å²) >= 11 is 0. The van der Waals surface area contributed by atoms with Crippen LogP contribution in [0.25, 0.3) is 11.4 Å². The lowest BCUT2D eigenvalue weighted by Gasteiger charge is -2.14. The first kappa shape index (κ1) is 13.7. The molecule has 0 aliphatic heterocycles. The van der Waals surface area contributed by atoms with Gasteiger partial charge in [-0.1, -0.05) is 43.3 Å². The first-order valence-electron chi connectivity index (χ1n) is 6.57. The maximum atomic E-state index is 5.94. The van der Waals surface area contributed by atoms with E-state index in [4.69, 9.17) is 10.3 Å². The molecule has 0 amide bonds. The Labute approximate surface area is 114 Å². The van der Waals surface area contributed by atoms with Crippen molar-refractivity contribution in [3.63, 3.8) is 0 Å². The SMILES string of the molecule is CC(C)c1ccc(-c2noc(CC(C)(C)N)n2)cc1. The van der Waals surface area contributed by atoms with Gasteiger partial charge in [-0.15, -0.1) is 0 Å². The number of rotatable bonds is 4. The van der Waals surface area contributed by atoms with Gasteiger partial charge in [0.2, 0.25) is 11.7 Å². The topological polar surface area (TPSA) is 64.9 Å². The minimum Gasteiger partial charge on any atom is -0.339 e. The van der Waals surface area contributed by atoms with E-state index in [-0.39, 0.29) is 5.54 Å². The van der Waals surface area contributed by atoms with Crippen LogP contribution in [0.4, 0.5) is 0 Å². The van der Waals surface area contributed by atoms with Crippen molar-refractivity contribution in [1.29, 1.82) is 0 Å². The second-order valence-electron chi connectivity index (χ2n) is 5.95. The molecule has 0 aliphatic carbocycles. The quantitative estimate of drug-likeness (QED) is 0.916. The maximum Gasteiger partial charge on any atom is 0.228 e. The van der Waals surface area contributed by atoms with Gasteiger partial charge in [-0.2, -0.15) is 4.98 Å². The van der Waals surface area contributed by atoms with Gasteiger partial charge in [0, 0.05) is 17.5 Å². The lowest BCUT2D eigenvalue weighted by molar-refractivity contribution is 0.348. The van der Waals surface area contributed by atoms with Crippen LogP contribution in [0.15, 0.2) is 28.8 Å². The molecule has 2 rings (SSSR count). The van der Waals surface area contributed by atoms with Crippen LogP contribution in [0.1, 0.15) is 45.1 Å². The normalized spacial score (nSPS) is 12.1. The van der Waals surface area contributed by atoms with E-state index < -0.39 is 0 Å². The van der Waals surface area contributed by atoms with Crippen LogP contribution < -0.4 is 5.73 Å². The Hall–Kier alpha value is -1.68. The van der Waals surface area contributed by atoms with Crippen LogP contribution in [-0.4, -0.2) is 15.7 Å². The fourth-order valence-corrected chi connectivity index (χ4v) is 1.85. The summed E-state index contributed by atoms with van der Waals surface area (Å²) in [5.41, 5.74) is 7.87. The summed E-state index contributed by atoms with van der Waals surface area (Å²) in [6.07, 6.45) is 0.573.